The van der Waals surface area contributed by atoms with E-state index in [1.54, 1.807) is 5.38 Å². The summed E-state index contributed by atoms with van der Waals surface area (Å²) in [5.41, 5.74) is 5.70. The number of hydrogen-bond donors (Lipinski definition) is 3. The minimum Gasteiger partial charge on any atom is -0.344 e. The smallest absolute Gasteiger partial charge is 0.271 e. The summed E-state index contributed by atoms with van der Waals surface area (Å²) in [7, 11) is 0. The first-order valence-corrected chi connectivity index (χ1v) is 7.08. The highest BCUT2D eigenvalue weighted by molar-refractivity contribution is 7.14. The Kier molecular flexibility index (Phi) is 7.60. The normalized spacial score (nSPS) is 16.0. The van der Waals surface area contributed by atoms with Gasteiger partial charge in [0.25, 0.3) is 5.91 Å². The first-order valence-electron chi connectivity index (χ1n) is 6.20. The van der Waals surface area contributed by atoms with Gasteiger partial charge in [-0.3, -0.25) is 9.59 Å². The molecule has 0 radical (unpaired) electrons. The maximum atomic E-state index is 12.1. The summed E-state index contributed by atoms with van der Waals surface area (Å²) >= 11 is 1.23. The van der Waals surface area contributed by atoms with Crippen molar-refractivity contribution in [3.05, 3.63) is 11.1 Å². The number of aromatic nitrogens is 1. The SMILES string of the molecule is CC(=O)Nc1nc(C(=O)NC(C)(CN)C2CC2)cs1.Cl.Cl. The Morgan fingerprint density at radius 2 is 2.10 bits per heavy atom. The molecule has 1 unspecified atom stereocenters. The third-order valence-electron chi connectivity index (χ3n) is 3.32. The summed E-state index contributed by atoms with van der Waals surface area (Å²) in [5, 5.41) is 7.57. The van der Waals surface area contributed by atoms with Gasteiger partial charge < -0.3 is 16.4 Å². The monoisotopic (exact) mass is 354 g/mol. The quantitative estimate of drug-likeness (QED) is 0.750. The Bertz CT molecular complexity index is 507. The standard InChI is InChI=1S/C12H18N4O2S.2ClH/c1-7(17)14-11-15-9(5-19-11)10(18)16-12(2,6-13)8-3-4-8;;/h5,8H,3-4,6,13H2,1-2H3,(H,16,18)(H,14,15,17);2*1H. The number of halogens is 2. The van der Waals surface area contributed by atoms with E-state index >= 15 is 0 Å². The van der Waals surface area contributed by atoms with Gasteiger partial charge >= 0.3 is 0 Å². The van der Waals surface area contributed by atoms with Crippen LogP contribution in [0.2, 0.25) is 0 Å². The van der Waals surface area contributed by atoms with Gasteiger partial charge in [-0.05, 0) is 25.7 Å². The second-order valence-corrected chi connectivity index (χ2v) is 5.93. The molecule has 6 nitrogen and oxygen atoms in total. The Labute approximate surface area is 140 Å². The van der Waals surface area contributed by atoms with Crippen molar-refractivity contribution in [3.8, 4) is 0 Å². The van der Waals surface area contributed by atoms with Crippen LogP contribution in [0.5, 0.6) is 0 Å². The molecule has 1 atom stereocenters. The van der Waals surface area contributed by atoms with E-state index in [1.165, 1.54) is 18.3 Å². The molecule has 1 aliphatic carbocycles. The number of nitrogens with zero attached hydrogens (tertiary/aromatic N) is 1. The molecule has 2 rings (SSSR count). The molecule has 1 saturated carbocycles. The average Bonchev–Trinajstić information content (AvgIpc) is 3.10. The maximum Gasteiger partial charge on any atom is 0.271 e. The van der Waals surface area contributed by atoms with E-state index in [0.717, 1.165) is 12.8 Å². The number of nitrogens with two attached hydrogens (primary N) is 1. The van der Waals surface area contributed by atoms with Gasteiger partial charge in [0.05, 0.1) is 5.54 Å². The van der Waals surface area contributed by atoms with Crippen LogP contribution >= 0.6 is 36.2 Å². The molecule has 1 heterocycles. The molecule has 120 valence electrons. The van der Waals surface area contributed by atoms with Crippen molar-refractivity contribution in [2.75, 3.05) is 11.9 Å². The number of carbonyl (C=O) groups is 2. The third kappa shape index (κ3) is 5.10. The predicted octanol–water partition coefficient (Wildman–Crippen LogP) is 1.80. The highest BCUT2D eigenvalue weighted by Gasteiger charge is 2.41. The molecule has 1 aromatic rings. The number of anilines is 1. The first-order chi connectivity index (χ1) is 8.94. The highest BCUT2D eigenvalue weighted by Crippen LogP contribution is 2.39. The number of rotatable bonds is 5. The molecule has 1 aliphatic rings. The van der Waals surface area contributed by atoms with Crippen LogP contribution in [-0.4, -0.2) is 28.9 Å². The van der Waals surface area contributed by atoms with Crippen LogP contribution < -0.4 is 16.4 Å². The fourth-order valence-corrected chi connectivity index (χ4v) is 2.69. The molecule has 21 heavy (non-hydrogen) atoms. The molecular formula is C12H20Cl2N4O2S. The number of carbonyl (C=O) groups excluding carboxylic acids is 2. The van der Waals surface area contributed by atoms with Crippen molar-refractivity contribution in [1.82, 2.24) is 10.3 Å². The molecule has 0 saturated heterocycles. The molecule has 1 fully saturated rings. The van der Waals surface area contributed by atoms with Gasteiger partial charge in [-0.25, -0.2) is 4.98 Å². The van der Waals surface area contributed by atoms with Gasteiger partial charge in [-0.15, -0.1) is 36.2 Å². The van der Waals surface area contributed by atoms with Crippen molar-refractivity contribution in [2.24, 2.45) is 11.7 Å². The van der Waals surface area contributed by atoms with E-state index in [2.05, 4.69) is 15.6 Å². The van der Waals surface area contributed by atoms with Crippen molar-refractivity contribution in [2.45, 2.75) is 32.2 Å². The molecule has 9 heteroatoms. The van der Waals surface area contributed by atoms with Crippen molar-refractivity contribution < 1.29 is 9.59 Å². The van der Waals surface area contributed by atoms with Crippen LogP contribution in [0.4, 0.5) is 5.13 Å². The zero-order valence-corrected chi connectivity index (χ0v) is 14.3. The summed E-state index contributed by atoms with van der Waals surface area (Å²) in [6.45, 7) is 3.77. The van der Waals surface area contributed by atoms with Crippen molar-refractivity contribution >= 4 is 53.1 Å². The van der Waals surface area contributed by atoms with Gasteiger partial charge in [-0.2, -0.15) is 0 Å². The Morgan fingerprint density at radius 3 is 2.57 bits per heavy atom. The molecular weight excluding hydrogens is 335 g/mol. The van der Waals surface area contributed by atoms with E-state index in [9.17, 15) is 9.59 Å². The van der Waals surface area contributed by atoms with Crippen LogP contribution in [-0.2, 0) is 4.79 Å². The lowest BCUT2D eigenvalue weighted by atomic mass is 9.96. The zero-order valence-electron chi connectivity index (χ0n) is 11.8. The van der Waals surface area contributed by atoms with E-state index < -0.39 is 0 Å². The van der Waals surface area contributed by atoms with Gasteiger partial charge in [0, 0.05) is 18.8 Å². The number of amides is 2. The van der Waals surface area contributed by atoms with Crippen molar-refractivity contribution in [1.29, 1.82) is 0 Å². The first kappa shape index (κ1) is 20.1. The lowest BCUT2D eigenvalue weighted by Gasteiger charge is -2.29. The Hall–Kier alpha value is -0.890. The fourth-order valence-electron chi connectivity index (χ4n) is 1.95. The van der Waals surface area contributed by atoms with Gasteiger partial charge in [0.15, 0.2) is 5.13 Å². The van der Waals surface area contributed by atoms with Gasteiger partial charge in [-0.1, -0.05) is 0 Å². The lowest BCUT2D eigenvalue weighted by Crippen LogP contribution is -2.53. The molecule has 1 aromatic heterocycles. The molecule has 0 bridgehead atoms. The van der Waals surface area contributed by atoms with E-state index in [0.29, 0.717) is 23.3 Å². The second kappa shape index (κ2) is 7.93. The van der Waals surface area contributed by atoms with Gasteiger partial charge in [0.1, 0.15) is 5.69 Å². The zero-order chi connectivity index (χ0) is 14.0. The van der Waals surface area contributed by atoms with Gasteiger partial charge in [0.2, 0.25) is 5.91 Å². The Morgan fingerprint density at radius 1 is 1.48 bits per heavy atom. The number of thiazole rings is 1. The second-order valence-electron chi connectivity index (χ2n) is 5.07. The number of hydrogen-bond acceptors (Lipinski definition) is 5. The number of nitrogens with one attached hydrogen (secondary N) is 2. The Balaban J connectivity index is 0.00000200. The molecule has 2 amide bonds. The van der Waals surface area contributed by atoms with Crippen LogP contribution in [0.25, 0.3) is 0 Å². The van der Waals surface area contributed by atoms with E-state index in [1.807, 2.05) is 6.92 Å². The van der Waals surface area contributed by atoms with Crippen LogP contribution in [0.1, 0.15) is 37.2 Å². The van der Waals surface area contributed by atoms with Crippen LogP contribution in [0.15, 0.2) is 5.38 Å². The van der Waals surface area contributed by atoms with Crippen LogP contribution in [0.3, 0.4) is 0 Å². The minimum atomic E-state index is -0.366. The summed E-state index contributed by atoms with van der Waals surface area (Å²) in [6, 6.07) is 0. The summed E-state index contributed by atoms with van der Waals surface area (Å²) < 4.78 is 0. The molecule has 0 aromatic carbocycles. The minimum absolute atomic E-state index is 0. The third-order valence-corrected chi connectivity index (χ3v) is 4.08. The maximum absolute atomic E-state index is 12.1. The summed E-state index contributed by atoms with van der Waals surface area (Å²) in [4.78, 5) is 27.1. The predicted molar refractivity (Wildman–Crippen MR) is 88.6 cm³/mol. The largest absolute Gasteiger partial charge is 0.344 e. The van der Waals surface area contributed by atoms with Crippen LogP contribution in [0, 0.1) is 5.92 Å². The highest BCUT2D eigenvalue weighted by atomic mass is 35.5. The summed E-state index contributed by atoms with van der Waals surface area (Å²) in [5.74, 6) is 0.00804. The molecule has 0 aliphatic heterocycles. The molecule has 4 N–H and O–H groups in total. The van der Waals surface area contributed by atoms with E-state index in [-0.39, 0.29) is 42.2 Å². The summed E-state index contributed by atoms with van der Waals surface area (Å²) in [6.07, 6.45) is 2.20. The molecule has 0 spiro atoms. The fraction of sp³-hybridized carbons (Fsp3) is 0.583. The topological polar surface area (TPSA) is 97.1 Å². The lowest BCUT2D eigenvalue weighted by molar-refractivity contribution is -0.114. The van der Waals surface area contributed by atoms with E-state index in [4.69, 9.17) is 5.73 Å². The van der Waals surface area contributed by atoms with Crippen molar-refractivity contribution in [3.63, 3.8) is 0 Å². The average molecular weight is 355 g/mol.